The van der Waals surface area contributed by atoms with Crippen molar-refractivity contribution in [2.75, 3.05) is 6.54 Å². The molecule has 1 atom stereocenters. The van der Waals surface area contributed by atoms with Crippen molar-refractivity contribution in [3.05, 3.63) is 71.4 Å². The molecule has 0 spiro atoms. The van der Waals surface area contributed by atoms with E-state index in [1.165, 1.54) is 16.5 Å². The van der Waals surface area contributed by atoms with Crippen LogP contribution in [0.3, 0.4) is 0 Å². The van der Waals surface area contributed by atoms with E-state index in [1.54, 1.807) is 0 Å². The lowest BCUT2D eigenvalue weighted by molar-refractivity contribution is 0.0735. The van der Waals surface area contributed by atoms with E-state index < -0.39 is 0 Å². The zero-order chi connectivity index (χ0) is 16.7. The number of carbonyl (C=O) groups is 1. The molecule has 2 aromatic carbocycles. The Morgan fingerprint density at radius 3 is 2.79 bits per heavy atom. The molecule has 1 aliphatic heterocycles. The van der Waals surface area contributed by atoms with Gasteiger partial charge in [-0.3, -0.25) is 4.79 Å². The van der Waals surface area contributed by atoms with Gasteiger partial charge in [0.25, 0.3) is 5.91 Å². The molecule has 0 unspecified atom stereocenters. The number of likely N-dealkylation sites (tertiary alicyclic amines) is 1. The van der Waals surface area contributed by atoms with Crippen LogP contribution in [0.2, 0.25) is 0 Å². The minimum atomic E-state index is 0.142. The van der Waals surface area contributed by atoms with Crippen LogP contribution in [0.15, 0.2) is 54.7 Å². The fourth-order valence-electron chi connectivity index (χ4n) is 3.86. The summed E-state index contributed by atoms with van der Waals surface area (Å²) < 4.78 is 2.06. The van der Waals surface area contributed by atoms with Crippen LogP contribution >= 0.6 is 0 Å². The average molecular weight is 318 g/mol. The molecule has 4 rings (SSSR count). The highest BCUT2D eigenvalue weighted by molar-refractivity contribution is 5.98. The molecule has 122 valence electrons. The van der Waals surface area contributed by atoms with Crippen LogP contribution in [0.1, 0.15) is 40.4 Å². The lowest BCUT2D eigenvalue weighted by atomic mass is 9.99. The summed E-state index contributed by atoms with van der Waals surface area (Å²) in [6, 6.07) is 16.7. The Balaban J connectivity index is 1.69. The van der Waals surface area contributed by atoms with E-state index in [2.05, 4.69) is 41.8 Å². The van der Waals surface area contributed by atoms with Crippen molar-refractivity contribution in [3.63, 3.8) is 0 Å². The molecule has 24 heavy (non-hydrogen) atoms. The number of fused-ring (bicyclic) bond motifs is 1. The van der Waals surface area contributed by atoms with Crippen molar-refractivity contribution >= 4 is 16.8 Å². The molecule has 0 N–H and O–H groups in total. The first kappa shape index (κ1) is 15.0. The van der Waals surface area contributed by atoms with E-state index in [4.69, 9.17) is 0 Å². The van der Waals surface area contributed by atoms with Crippen LogP contribution in [0.5, 0.6) is 0 Å². The van der Waals surface area contributed by atoms with Gasteiger partial charge in [0.05, 0.1) is 6.04 Å². The van der Waals surface area contributed by atoms with E-state index in [9.17, 15) is 4.79 Å². The summed E-state index contributed by atoms with van der Waals surface area (Å²) in [5.41, 5.74) is 4.43. The van der Waals surface area contributed by atoms with Gasteiger partial charge >= 0.3 is 0 Å². The van der Waals surface area contributed by atoms with Crippen LogP contribution in [0.4, 0.5) is 0 Å². The Bertz CT molecular complexity index is 909. The first-order valence-electron chi connectivity index (χ1n) is 8.57. The largest absolute Gasteiger partial charge is 0.351 e. The number of carbonyl (C=O) groups excluding carboxylic acids is 1. The lowest BCUT2D eigenvalue weighted by Crippen LogP contribution is -2.30. The summed E-state index contributed by atoms with van der Waals surface area (Å²) in [7, 11) is 2.02. The highest BCUT2D eigenvalue weighted by Crippen LogP contribution is 2.35. The Hall–Kier alpha value is -2.55. The molecule has 1 amide bonds. The van der Waals surface area contributed by atoms with Crippen LogP contribution in [-0.2, 0) is 7.05 Å². The van der Waals surface area contributed by atoms with E-state index in [0.29, 0.717) is 0 Å². The first-order valence-corrected chi connectivity index (χ1v) is 8.57. The Labute approximate surface area is 142 Å². The number of aryl methyl sites for hydroxylation is 2. The number of aromatic nitrogens is 1. The van der Waals surface area contributed by atoms with Crippen molar-refractivity contribution in [1.82, 2.24) is 9.47 Å². The Morgan fingerprint density at radius 2 is 1.96 bits per heavy atom. The van der Waals surface area contributed by atoms with Crippen molar-refractivity contribution in [2.45, 2.75) is 25.8 Å². The van der Waals surface area contributed by atoms with Gasteiger partial charge < -0.3 is 9.47 Å². The molecule has 3 aromatic rings. The molecule has 2 heterocycles. The van der Waals surface area contributed by atoms with Gasteiger partial charge in [-0.2, -0.15) is 0 Å². The quantitative estimate of drug-likeness (QED) is 0.684. The summed E-state index contributed by atoms with van der Waals surface area (Å²) in [6.07, 6.45) is 4.14. The third kappa shape index (κ3) is 2.41. The SMILES string of the molecule is Cc1ccccc1[C@H]1CCCN1C(=O)c1ccc2ccn(C)c2c1. The van der Waals surface area contributed by atoms with E-state index >= 15 is 0 Å². The van der Waals surface area contributed by atoms with Crippen molar-refractivity contribution in [3.8, 4) is 0 Å². The lowest BCUT2D eigenvalue weighted by Gasteiger charge is -2.26. The summed E-state index contributed by atoms with van der Waals surface area (Å²) >= 11 is 0. The zero-order valence-electron chi connectivity index (χ0n) is 14.2. The van der Waals surface area contributed by atoms with Gasteiger partial charge in [-0.25, -0.2) is 0 Å². The van der Waals surface area contributed by atoms with Gasteiger partial charge in [0.1, 0.15) is 0 Å². The monoisotopic (exact) mass is 318 g/mol. The maximum Gasteiger partial charge on any atom is 0.254 e. The Kier molecular flexibility index (Phi) is 3.64. The van der Waals surface area contributed by atoms with Crippen LogP contribution in [0, 0.1) is 6.92 Å². The number of amides is 1. The standard InChI is InChI=1S/C21H22N2O/c1-15-6-3-4-7-18(15)19-8-5-12-23(19)21(24)17-10-9-16-11-13-22(2)20(16)14-17/h3-4,6-7,9-11,13-14,19H,5,8,12H2,1-2H3/t19-/m1/s1. The van der Waals surface area contributed by atoms with Gasteiger partial charge in [-0.15, -0.1) is 0 Å². The van der Waals surface area contributed by atoms with E-state index in [-0.39, 0.29) is 11.9 Å². The second-order valence-corrected chi connectivity index (χ2v) is 6.71. The Morgan fingerprint density at radius 1 is 1.12 bits per heavy atom. The number of nitrogens with zero attached hydrogens (tertiary/aromatic N) is 2. The van der Waals surface area contributed by atoms with E-state index in [1.807, 2.05) is 36.3 Å². The van der Waals surface area contributed by atoms with Crippen LogP contribution in [0.25, 0.3) is 10.9 Å². The number of hydrogen-bond donors (Lipinski definition) is 0. The van der Waals surface area contributed by atoms with Crippen LogP contribution in [-0.4, -0.2) is 21.9 Å². The second-order valence-electron chi connectivity index (χ2n) is 6.71. The van der Waals surface area contributed by atoms with Crippen LogP contribution < -0.4 is 0 Å². The number of hydrogen-bond acceptors (Lipinski definition) is 1. The summed E-state index contributed by atoms with van der Waals surface area (Å²) in [6.45, 7) is 2.97. The molecular weight excluding hydrogens is 296 g/mol. The predicted molar refractivity (Wildman–Crippen MR) is 97.1 cm³/mol. The number of rotatable bonds is 2. The molecule has 3 heteroatoms. The average Bonchev–Trinajstić information content (AvgIpc) is 3.22. The highest BCUT2D eigenvalue weighted by Gasteiger charge is 2.31. The molecule has 3 nitrogen and oxygen atoms in total. The number of benzene rings is 2. The fourth-order valence-corrected chi connectivity index (χ4v) is 3.86. The molecule has 1 saturated heterocycles. The third-order valence-corrected chi connectivity index (χ3v) is 5.20. The van der Waals surface area contributed by atoms with Crippen molar-refractivity contribution in [2.24, 2.45) is 7.05 Å². The smallest absolute Gasteiger partial charge is 0.254 e. The predicted octanol–water partition coefficient (Wildman–Crippen LogP) is 4.46. The highest BCUT2D eigenvalue weighted by atomic mass is 16.2. The molecule has 0 saturated carbocycles. The topological polar surface area (TPSA) is 25.2 Å². The fraction of sp³-hybridized carbons (Fsp3) is 0.286. The van der Waals surface area contributed by atoms with E-state index in [0.717, 1.165) is 30.5 Å². The summed E-state index contributed by atoms with van der Waals surface area (Å²) in [5.74, 6) is 0.142. The molecule has 1 aliphatic rings. The molecule has 1 aromatic heterocycles. The summed E-state index contributed by atoms with van der Waals surface area (Å²) in [5, 5.41) is 1.17. The molecular formula is C21H22N2O. The van der Waals surface area contributed by atoms with Gasteiger partial charge in [0.15, 0.2) is 0 Å². The molecule has 0 aliphatic carbocycles. The second kappa shape index (κ2) is 5.82. The normalized spacial score (nSPS) is 17.6. The minimum absolute atomic E-state index is 0.142. The van der Waals surface area contributed by atoms with Gasteiger partial charge in [-0.05, 0) is 54.5 Å². The maximum atomic E-state index is 13.1. The first-order chi connectivity index (χ1) is 11.6. The molecule has 1 fully saturated rings. The maximum absolute atomic E-state index is 13.1. The molecule has 0 bridgehead atoms. The third-order valence-electron chi connectivity index (χ3n) is 5.20. The minimum Gasteiger partial charge on any atom is -0.351 e. The summed E-state index contributed by atoms with van der Waals surface area (Å²) in [4.78, 5) is 15.2. The molecule has 0 radical (unpaired) electrons. The zero-order valence-corrected chi connectivity index (χ0v) is 14.2. The van der Waals surface area contributed by atoms with Crippen molar-refractivity contribution in [1.29, 1.82) is 0 Å². The van der Waals surface area contributed by atoms with Crippen molar-refractivity contribution < 1.29 is 4.79 Å². The van der Waals surface area contributed by atoms with Gasteiger partial charge in [0.2, 0.25) is 0 Å². The van der Waals surface area contributed by atoms with Gasteiger partial charge in [-0.1, -0.05) is 30.3 Å². The van der Waals surface area contributed by atoms with Gasteiger partial charge in [0, 0.05) is 30.9 Å².